The number of hydrogen-bond donors (Lipinski definition) is 2. The monoisotopic (exact) mass is 414 g/mol. The molecule has 29 heavy (non-hydrogen) atoms. The van der Waals surface area contributed by atoms with Crippen molar-refractivity contribution >= 4 is 39.1 Å². The molecule has 2 heterocycles. The summed E-state index contributed by atoms with van der Waals surface area (Å²) in [5.74, 6) is -1.11. The van der Waals surface area contributed by atoms with Crippen molar-refractivity contribution in [3.05, 3.63) is 56.7 Å². The number of nitrogens with zero attached hydrogens (tertiary/aromatic N) is 2. The van der Waals surface area contributed by atoms with Gasteiger partial charge in [0.1, 0.15) is 17.4 Å². The van der Waals surface area contributed by atoms with Gasteiger partial charge in [0.2, 0.25) is 5.91 Å². The second-order valence-corrected chi connectivity index (χ2v) is 8.41. The molecule has 4 rings (SSSR count). The van der Waals surface area contributed by atoms with E-state index in [0.717, 1.165) is 40.3 Å². The molecule has 0 saturated carbocycles. The van der Waals surface area contributed by atoms with Crippen LogP contribution in [0.25, 0.3) is 10.9 Å². The summed E-state index contributed by atoms with van der Waals surface area (Å²) < 4.78 is 14.6. The molecule has 1 aliphatic rings. The Bertz CT molecular complexity index is 1200. The molecule has 0 aliphatic heterocycles. The van der Waals surface area contributed by atoms with Gasteiger partial charge in [-0.1, -0.05) is 6.92 Å². The average molecular weight is 414 g/mol. The molecule has 1 aliphatic carbocycles. The van der Waals surface area contributed by atoms with Crippen LogP contribution in [-0.2, 0) is 24.2 Å². The normalized spacial score (nSPS) is 15.9. The van der Waals surface area contributed by atoms with Gasteiger partial charge in [-0.3, -0.25) is 19.0 Å². The maximum Gasteiger partial charge on any atom is 0.261 e. The van der Waals surface area contributed by atoms with Crippen LogP contribution < -0.4 is 16.6 Å². The van der Waals surface area contributed by atoms with Crippen molar-refractivity contribution in [1.82, 2.24) is 9.55 Å². The van der Waals surface area contributed by atoms with Crippen LogP contribution >= 0.6 is 11.3 Å². The van der Waals surface area contributed by atoms with Gasteiger partial charge in [-0.2, -0.15) is 0 Å². The number of anilines is 1. The third kappa shape index (κ3) is 3.65. The molecule has 0 fully saturated rings. The number of amides is 2. The third-order valence-corrected chi connectivity index (χ3v) is 6.28. The van der Waals surface area contributed by atoms with Crippen molar-refractivity contribution in [3.63, 3.8) is 0 Å². The Hall–Kier alpha value is -3.07. The van der Waals surface area contributed by atoms with Gasteiger partial charge >= 0.3 is 0 Å². The van der Waals surface area contributed by atoms with Gasteiger partial charge in [-0.25, -0.2) is 9.37 Å². The molecule has 0 spiro atoms. The second kappa shape index (κ2) is 7.40. The number of primary amides is 1. The van der Waals surface area contributed by atoms with Crippen LogP contribution in [0.15, 0.2) is 29.3 Å². The van der Waals surface area contributed by atoms with E-state index in [4.69, 9.17) is 5.73 Å². The molecule has 150 valence electrons. The van der Waals surface area contributed by atoms with Crippen molar-refractivity contribution in [2.45, 2.75) is 32.7 Å². The van der Waals surface area contributed by atoms with E-state index in [9.17, 15) is 18.8 Å². The van der Waals surface area contributed by atoms with Crippen LogP contribution in [-0.4, -0.2) is 21.4 Å². The van der Waals surface area contributed by atoms with Crippen LogP contribution in [0.3, 0.4) is 0 Å². The Labute approximate surface area is 169 Å². The first kappa shape index (κ1) is 19.3. The van der Waals surface area contributed by atoms with E-state index in [0.29, 0.717) is 22.0 Å². The molecule has 0 radical (unpaired) electrons. The summed E-state index contributed by atoms with van der Waals surface area (Å²) >= 11 is 1.36. The smallest absolute Gasteiger partial charge is 0.261 e. The van der Waals surface area contributed by atoms with Gasteiger partial charge in [-0.15, -0.1) is 11.3 Å². The molecule has 1 aromatic carbocycles. The van der Waals surface area contributed by atoms with Gasteiger partial charge in [0, 0.05) is 4.88 Å². The number of nitrogens with one attached hydrogen (secondary N) is 1. The Morgan fingerprint density at radius 2 is 2.21 bits per heavy atom. The topological polar surface area (TPSA) is 107 Å². The lowest BCUT2D eigenvalue weighted by atomic mass is 9.88. The summed E-state index contributed by atoms with van der Waals surface area (Å²) in [4.78, 5) is 42.3. The van der Waals surface area contributed by atoms with E-state index in [1.165, 1.54) is 29.8 Å². The molecule has 3 aromatic rings. The Kier molecular flexibility index (Phi) is 4.91. The quantitative estimate of drug-likeness (QED) is 0.684. The molecular weight excluding hydrogens is 395 g/mol. The maximum absolute atomic E-state index is 13.5. The van der Waals surface area contributed by atoms with E-state index in [1.807, 2.05) is 0 Å². The highest BCUT2D eigenvalue weighted by atomic mass is 32.1. The van der Waals surface area contributed by atoms with Gasteiger partial charge in [0.05, 0.1) is 22.8 Å². The van der Waals surface area contributed by atoms with Crippen LogP contribution in [0.2, 0.25) is 0 Å². The van der Waals surface area contributed by atoms with Crippen molar-refractivity contribution < 1.29 is 14.0 Å². The highest BCUT2D eigenvalue weighted by Crippen LogP contribution is 2.39. The van der Waals surface area contributed by atoms with Crippen LogP contribution in [0.4, 0.5) is 9.39 Å². The van der Waals surface area contributed by atoms with Crippen molar-refractivity contribution in [2.75, 3.05) is 5.32 Å². The standard InChI is InChI=1S/C20H19FN4O3S/c1-10-2-4-12-15(6-10)29-19(17(12)18(22)27)24-16(26)8-25-9-23-14-5-3-11(21)7-13(14)20(25)28/h3,5,7,9-10H,2,4,6,8H2,1H3,(H2,22,27)(H,24,26). The summed E-state index contributed by atoms with van der Waals surface area (Å²) in [6.07, 6.45) is 3.81. The Balaban J connectivity index is 1.61. The number of halogens is 1. The first-order chi connectivity index (χ1) is 13.8. The number of carbonyl (C=O) groups excluding carboxylic acids is 2. The van der Waals surface area contributed by atoms with E-state index < -0.39 is 23.2 Å². The molecule has 2 aromatic heterocycles. The summed E-state index contributed by atoms with van der Waals surface area (Å²) in [5.41, 5.74) is 6.67. The predicted octanol–water partition coefficient (Wildman–Crippen LogP) is 2.46. The van der Waals surface area contributed by atoms with E-state index in [-0.39, 0.29) is 11.9 Å². The zero-order chi connectivity index (χ0) is 20.7. The zero-order valence-corrected chi connectivity index (χ0v) is 16.5. The largest absolute Gasteiger partial charge is 0.365 e. The lowest BCUT2D eigenvalue weighted by molar-refractivity contribution is -0.116. The summed E-state index contributed by atoms with van der Waals surface area (Å²) in [5, 5.41) is 3.22. The molecule has 0 bridgehead atoms. The van der Waals surface area contributed by atoms with Gasteiger partial charge in [0.15, 0.2) is 0 Å². The molecule has 9 heteroatoms. The minimum Gasteiger partial charge on any atom is -0.365 e. The average Bonchev–Trinajstić information content (AvgIpc) is 3.01. The number of rotatable bonds is 4. The molecule has 1 atom stereocenters. The predicted molar refractivity (Wildman–Crippen MR) is 109 cm³/mol. The van der Waals surface area contributed by atoms with Crippen LogP contribution in [0.1, 0.15) is 34.1 Å². The molecule has 0 saturated heterocycles. The fourth-order valence-corrected chi connectivity index (χ4v) is 5.10. The van der Waals surface area contributed by atoms with E-state index >= 15 is 0 Å². The lowest BCUT2D eigenvalue weighted by Gasteiger charge is -2.18. The first-order valence-corrected chi connectivity index (χ1v) is 10.0. The van der Waals surface area contributed by atoms with Crippen molar-refractivity contribution in [1.29, 1.82) is 0 Å². The number of hydrogen-bond acceptors (Lipinski definition) is 5. The minimum atomic E-state index is -0.577. The third-order valence-electron chi connectivity index (χ3n) is 5.11. The number of benzene rings is 1. The SMILES string of the molecule is CC1CCc2c(sc(NC(=O)Cn3cnc4ccc(F)cc4c3=O)c2C(N)=O)C1. The van der Waals surface area contributed by atoms with Crippen LogP contribution in [0, 0.1) is 11.7 Å². The number of aromatic nitrogens is 2. The summed E-state index contributed by atoms with van der Waals surface area (Å²) in [6, 6.07) is 3.72. The minimum absolute atomic E-state index is 0.0960. The molecular formula is C20H19FN4O3S. The molecule has 2 amide bonds. The fraction of sp³-hybridized carbons (Fsp3) is 0.300. The van der Waals surface area contributed by atoms with Gasteiger partial charge in [0.25, 0.3) is 11.5 Å². The highest BCUT2D eigenvalue weighted by molar-refractivity contribution is 7.17. The summed E-state index contributed by atoms with van der Waals surface area (Å²) in [7, 11) is 0. The first-order valence-electron chi connectivity index (χ1n) is 9.22. The van der Waals surface area contributed by atoms with E-state index in [2.05, 4.69) is 17.2 Å². The Morgan fingerprint density at radius 1 is 1.41 bits per heavy atom. The van der Waals surface area contributed by atoms with Crippen molar-refractivity contribution in [2.24, 2.45) is 11.7 Å². The zero-order valence-electron chi connectivity index (χ0n) is 15.7. The highest BCUT2D eigenvalue weighted by Gasteiger charge is 2.27. The Morgan fingerprint density at radius 3 is 2.97 bits per heavy atom. The number of nitrogens with two attached hydrogens (primary N) is 1. The summed E-state index contributed by atoms with van der Waals surface area (Å²) in [6.45, 7) is 1.84. The lowest BCUT2D eigenvalue weighted by Crippen LogP contribution is -2.28. The van der Waals surface area contributed by atoms with E-state index in [1.54, 1.807) is 0 Å². The maximum atomic E-state index is 13.5. The fourth-order valence-electron chi connectivity index (χ4n) is 3.66. The molecule has 7 nitrogen and oxygen atoms in total. The second-order valence-electron chi connectivity index (χ2n) is 7.31. The van der Waals surface area contributed by atoms with Gasteiger partial charge < -0.3 is 11.1 Å². The van der Waals surface area contributed by atoms with Crippen LogP contribution in [0.5, 0.6) is 0 Å². The van der Waals surface area contributed by atoms with Gasteiger partial charge in [-0.05, 0) is 48.9 Å². The van der Waals surface area contributed by atoms with Crippen molar-refractivity contribution in [3.8, 4) is 0 Å². The number of carbonyl (C=O) groups is 2. The number of thiophene rings is 1. The number of fused-ring (bicyclic) bond motifs is 2. The molecule has 1 unspecified atom stereocenters. The molecule has 3 N–H and O–H groups in total.